The number of likely N-dealkylation sites (tertiary alicyclic amines) is 1. The normalized spacial score (nSPS) is 14.0. The van der Waals surface area contributed by atoms with Crippen LogP contribution in [0.5, 0.6) is 17.2 Å². The van der Waals surface area contributed by atoms with Crippen LogP contribution in [0.25, 0.3) is 10.9 Å². The van der Waals surface area contributed by atoms with Crippen LogP contribution in [-0.4, -0.2) is 52.0 Å². The Kier molecular flexibility index (Phi) is 9.40. The summed E-state index contributed by atoms with van der Waals surface area (Å²) in [5.41, 5.74) is 1.42. The van der Waals surface area contributed by atoms with Gasteiger partial charge in [0.25, 0.3) is 5.91 Å². The number of nitrogens with zero attached hydrogens (tertiary/aromatic N) is 4. The Labute approximate surface area is 246 Å². The van der Waals surface area contributed by atoms with Crippen molar-refractivity contribution >= 4 is 45.6 Å². The van der Waals surface area contributed by atoms with Crippen LogP contribution in [0.1, 0.15) is 26.2 Å². The Balaban J connectivity index is 1.36. The lowest BCUT2D eigenvalue weighted by atomic mass is 10.1. The lowest BCUT2D eigenvalue weighted by Crippen LogP contribution is -2.30. The first-order valence-corrected chi connectivity index (χ1v) is 13.9. The van der Waals surface area contributed by atoms with E-state index >= 15 is 0 Å². The van der Waals surface area contributed by atoms with Gasteiger partial charge in [-0.1, -0.05) is 18.0 Å². The zero-order valence-corrected chi connectivity index (χ0v) is 23.6. The van der Waals surface area contributed by atoms with E-state index in [4.69, 9.17) is 21.1 Å². The summed E-state index contributed by atoms with van der Waals surface area (Å²) in [5.74, 6) is -0.880. The number of piperidine rings is 1. The topological polar surface area (TPSA) is 102 Å². The molecule has 5 rings (SSSR count). The van der Waals surface area contributed by atoms with E-state index in [1.165, 1.54) is 37.2 Å². The minimum absolute atomic E-state index is 0.281. The van der Waals surface area contributed by atoms with Crippen molar-refractivity contribution in [3.8, 4) is 17.2 Å². The van der Waals surface area contributed by atoms with Gasteiger partial charge in [-0.15, -0.1) is 0 Å². The molecule has 0 spiro atoms. The number of anilines is 3. The molecule has 218 valence electrons. The molecule has 42 heavy (non-hydrogen) atoms. The zero-order chi connectivity index (χ0) is 29.5. The quantitative estimate of drug-likeness (QED) is 0.149. The number of benzene rings is 2. The molecule has 3 heterocycles. The van der Waals surface area contributed by atoms with Gasteiger partial charge in [0.05, 0.1) is 29.0 Å². The molecule has 0 atom stereocenters. The average Bonchev–Trinajstić information content (AvgIpc) is 2.99. The molecular weight excluding hydrogens is 566 g/mol. The number of hydrogen-bond donors (Lipinski definition) is 2. The molecular formula is C30H29ClF2N6O3. The van der Waals surface area contributed by atoms with Gasteiger partial charge in [-0.05, 0) is 75.3 Å². The first-order chi connectivity index (χ1) is 20.4. The molecule has 2 aromatic carbocycles. The summed E-state index contributed by atoms with van der Waals surface area (Å²) in [6.07, 6.45) is 7.28. The van der Waals surface area contributed by atoms with Crippen molar-refractivity contribution in [2.24, 2.45) is 0 Å². The largest absolute Gasteiger partial charge is 0.492 e. The number of rotatable bonds is 10. The van der Waals surface area contributed by atoms with Crippen LogP contribution < -0.4 is 20.1 Å². The van der Waals surface area contributed by atoms with Crippen LogP contribution in [-0.2, 0) is 4.79 Å². The minimum Gasteiger partial charge on any atom is -0.492 e. The molecule has 0 saturated carbocycles. The highest BCUT2D eigenvalue weighted by molar-refractivity contribution is 6.32. The summed E-state index contributed by atoms with van der Waals surface area (Å²) >= 11 is 6.44. The summed E-state index contributed by atoms with van der Waals surface area (Å²) in [6, 6.07) is 11.0. The Hall–Kier alpha value is -4.35. The molecule has 2 aromatic heterocycles. The summed E-state index contributed by atoms with van der Waals surface area (Å²) in [5, 5.41) is 6.68. The summed E-state index contributed by atoms with van der Waals surface area (Å²) in [4.78, 5) is 27.1. The summed E-state index contributed by atoms with van der Waals surface area (Å²) < 4.78 is 39.3. The summed E-state index contributed by atoms with van der Waals surface area (Å²) in [7, 11) is 0. The van der Waals surface area contributed by atoms with E-state index < -0.39 is 17.7 Å². The third-order valence-electron chi connectivity index (χ3n) is 6.60. The van der Waals surface area contributed by atoms with Crippen molar-refractivity contribution < 1.29 is 23.0 Å². The number of carbonyl (C=O) groups excluding carboxylic acids is 1. The van der Waals surface area contributed by atoms with Crippen molar-refractivity contribution in [3.63, 3.8) is 0 Å². The van der Waals surface area contributed by atoms with Gasteiger partial charge in [0.2, 0.25) is 5.95 Å². The molecule has 1 fully saturated rings. The van der Waals surface area contributed by atoms with Crippen LogP contribution in [0.15, 0.2) is 66.9 Å². The SMILES string of the molecule is CCOc1cc2ncnc(Nc3ccc(Oc4ccc(F)nc4)c(Cl)c3)c2cc1NC(=O)/C(F)=C/CN1CCCCC1. The van der Waals surface area contributed by atoms with Gasteiger partial charge in [-0.2, -0.15) is 4.39 Å². The standard InChI is InChI=1S/C30H29ClF2N6O3/c1-2-41-27-16-24-21(15-25(27)38-30(40)23(32)10-13-39-11-4-3-5-12-39)29(36-18-35-24)37-19-6-8-26(22(31)14-19)42-20-7-9-28(33)34-17-20/h6-10,14-18H,2-5,11-13H2,1H3,(H,38,40)(H,35,36,37)/b23-10-. The fraction of sp³-hybridized carbons (Fsp3) is 0.267. The van der Waals surface area contributed by atoms with Crippen molar-refractivity contribution in [1.29, 1.82) is 0 Å². The van der Waals surface area contributed by atoms with Gasteiger partial charge < -0.3 is 20.1 Å². The van der Waals surface area contributed by atoms with E-state index in [1.54, 1.807) is 30.3 Å². The van der Waals surface area contributed by atoms with Gasteiger partial charge in [0.15, 0.2) is 5.83 Å². The molecule has 12 heteroatoms. The van der Waals surface area contributed by atoms with E-state index in [0.29, 0.717) is 57.8 Å². The van der Waals surface area contributed by atoms with Crippen molar-refractivity contribution in [3.05, 3.63) is 77.9 Å². The number of nitrogens with one attached hydrogen (secondary N) is 2. The number of halogens is 3. The molecule has 2 N–H and O–H groups in total. The Morgan fingerprint density at radius 2 is 1.90 bits per heavy atom. The molecule has 0 radical (unpaired) electrons. The highest BCUT2D eigenvalue weighted by Crippen LogP contribution is 2.36. The molecule has 1 saturated heterocycles. The second kappa shape index (κ2) is 13.5. The molecule has 0 bridgehead atoms. The lowest BCUT2D eigenvalue weighted by molar-refractivity contribution is -0.114. The number of ether oxygens (including phenoxy) is 2. The molecule has 0 unspecified atom stereocenters. The van der Waals surface area contributed by atoms with Gasteiger partial charge in [-0.25, -0.2) is 19.3 Å². The first kappa shape index (κ1) is 29.2. The third-order valence-corrected chi connectivity index (χ3v) is 6.90. The Morgan fingerprint density at radius 3 is 2.64 bits per heavy atom. The Bertz CT molecular complexity index is 1600. The predicted octanol–water partition coefficient (Wildman–Crippen LogP) is 7.03. The van der Waals surface area contributed by atoms with Crippen molar-refractivity contribution in [2.75, 3.05) is 36.9 Å². The number of carbonyl (C=O) groups is 1. The maximum atomic E-state index is 14.8. The highest BCUT2D eigenvalue weighted by Gasteiger charge is 2.17. The minimum atomic E-state index is -0.864. The van der Waals surface area contributed by atoms with Gasteiger partial charge in [-0.3, -0.25) is 9.69 Å². The third kappa shape index (κ3) is 7.29. The molecule has 1 aliphatic heterocycles. The van der Waals surface area contributed by atoms with Crippen molar-refractivity contribution in [2.45, 2.75) is 26.2 Å². The number of hydrogen-bond acceptors (Lipinski definition) is 8. The smallest absolute Gasteiger partial charge is 0.284 e. The Morgan fingerprint density at radius 1 is 1.07 bits per heavy atom. The zero-order valence-electron chi connectivity index (χ0n) is 22.9. The van der Waals surface area contributed by atoms with E-state index in [1.807, 2.05) is 6.92 Å². The number of pyridine rings is 1. The number of amides is 1. The maximum absolute atomic E-state index is 14.8. The summed E-state index contributed by atoms with van der Waals surface area (Å²) in [6.45, 7) is 4.31. The van der Waals surface area contributed by atoms with Gasteiger partial charge in [0, 0.05) is 23.7 Å². The van der Waals surface area contributed by atoms with Gasteiger partial charge in [0.1, 0.15) is 29.4 Å². The monoisotopic (exact) mass is 594 g/mol. The fourth-order valence-corrected chi connectivity index (χ4v) is 4.75. The van der Waals surface area contributed by atoms with Gasteiger partial charge >= 0.3 is 0 Å². The van der Waals surface area contributed by atoms with E-state index in [-0.39, 0.29) is 5.69 Å². The van der Waals surface area contributed by atoms with E-state index in [0.717, 1.165) is 25.9 Å². The lowest BCUT2D eigenvalue weighted by Gasteiger charge is -2.24. The molecule has 1 aliphatic rings. The second-order valence-corrected chi connectivity index (χ2v) is 9.98. The highest BCUT2D eigenvalue weighted by atomic mass is 35.5. The van der Waals surface area contributed by atoms with E-state index in [9.17, 15) is 13.6 Å². The molecule has 0 aliphatic carbocycles. The maximum Gasteiger partial charge on any atom is 0.284 e. The molecule has 9 nitrogen and oxygen atoms in total. The van der Waals surface area contributed by atoms with Crippen LogP contribution in [0.2, 0.25) is 5.02 Å². The average molecular weight is 595 g/mol. The predicted molar refractivity (Wildman–Crippen MR) is 158 cm³/mol. The molecule has 4 aromatic rings. The van der Waals surface area contributed by atoms with Crippen LogP contribution in [0.4, 0.5) is 26.0 Å². The fourth-order valence-electron chi connectivity index (χ4n) is 4.53. The van der Waals surface area contributed by atoms with Crippen LogP contribution >= 0.6 is 11.6 Å². The van der Waals surface area contributed by atoms with Crippen molar-refractivity contribution in [1.82, 2.24) is 19.9 Å². The van der Waals surface area contributed by atoms with E-state index in [2.05, 4.69) is 30.5 Å². The molecule has 1 amide bonds. The number of aromatic nitrogens is 3. The van der Waals surface area contributed by atoms with Crippen LogP contribution in [0.3, 0.4) is 0 Å². The second-order valence-electron chi connectivity index (χ2n) is 9.58. The first-order valence-electron chi connectivity index (χ1n) is 13.6. The van der Waals surface area contributed by atoms with Crippen LogP contribution in [0, 0.1) is 5.95 Å². The number of fused-ring (bicyclic) bond motifs is 1.